The minimum absolute atomic E-state index is 0.549. The van der Waals surface area contributed by atoms with E-state index in [4.69, 9.17) is 0 Å². The molecule has 0 amide bonds. The van der Waals surface area contributed by atoms with Gasteiger partial charge in [-0.15, -0.1) is 0 Å². The Kier molecular flexibility index (Phi) is 4.50. The largest absolute Gasteiger partial charge is 0.312 e. The van der Waals surface area contributed by atoms with Gasteiger partial charge in [-0.05, 0) is 24.3 Å². The molecule has 1 saturated carbocycles. The molecule has 4 nitrogen and oxygen atoms in total. The fraction of sp³-hybridized carbons (Fsp3) is 0.450. The maximum Gasteiger partial charge on any atom is 0.0767 e. The second kappa shape index (κ2) is 6.91. The summed E-state index contributed by atoms with van der Waals surface area (Å²) < 4.78 is 2.10. The SMILES string of the molecule is CC/C(=C\c1ccccc1)[C@@H]1C[C@H]1NCc1cnn(C2CNC2)c1. The van der Waals surface area contributed by atoms with E-state index >= 15 is 0 Å². The summed E-state index contributed by atoms with van der Waals surface area (Å²) in [6, 6.07) is 11.8. The molecule has 2 heterocycles. The van der Waals surface area contributed by atoms with Crippen LogP contribution in [-0.2, 0) is 6.54 Å². The molecule has 0 bridgehead atoms. The van der Waals surface area contributed by atoms with Gasteiger partial charge in [0.25, 0.3) is 0 Å². The van der Waals surface area contributed by atoms with Crippen LogP contribution in [0.15, 0.2) is 48.3 Å². The minimum Gasteiger partial charge on any atom is -0.312 e. The first-order chi connectivity index (χ1) is 11.8. The smallest absolute Gasteiger partial charge is 0.0767 e. The monoisotopic (exact) mass is 322 g/mol. The van der Waals surface area contributed by atoms with Gasteiger partial charge in [-0.1, -0.05) is 48.9 Å². The third kappa shape index (κ3) is 3.45. The molecule has 0 unspecified atom stereocenters. The van der Waals surface area contributed by atoms with E-state index in [0.29, 0.717) is 18.0 Å². The average molecular weight is 322 g/mol. The standard InChI is InChI=1S/C20H26N4/c1-2-17(8-15-6-4-3-5-7-15)19-9-20(19)22-10-16-11-23-24(14-16)18-12-21-13-18/h3-8,11,14,18-22H,2,9-10,12-13H2,1H3/b17-8+/t19-,20+/m0/s1. The molecule has 2 aromatic rings. The van der Waals surface area contributed by atoms with Crippen LogP contribution in [-0.4, -0.2) is 28.9 Å². The van der Waals surface area contributed by atoms with Gasteiger partial charge in [0.2, 0.25) is 0 Å². The summed E-state index contributed by atoms with van der Waals surface area (Å²) in [4.78, 5) is 0. The van der Waals surface area contributed by atoms with Crippen molar-refractivity contribution in [2.75, 3.05) is 13.1 Å². The molecule has 1 aromatic carbocycles. The number of hydrogen-bond donors (Lipinski definition) is 2. The Morgan fingerprint density at radius 2 is 2.17 bits per heavy atom. The van der Waals surface area contributed by atoms with Crippen LogP contribution in [0.25, 0.3) is 6.08 Å². The summed E-state index contributed by atoms with van der Waals surface area (Å²) in [5.41, 5.74) is 4.17. The first-order valence-corrected chi connectivity index (χ1v) is 9.06. The Balaban J connectivity index is 1.31. The zero-order chi connectivity index (χ0) is 16.4. The van der Waals surface area contributed by atoms with Crippen LogP contribution >= 0.6 is 0 Å². The number of nitrogens with zero attached hydrogens (tertiary/aromatic N) is 2. The van der Waals surface area contributed by atoms with Gasteiger partial charge in [0.05, 0.1) is 12.2 Å². The molecular weight excluding hydrogens is 296 g/mol. The van der Waals surface area contributed by atoms with Crippen molar-refractivity contribution in [3.8, 4) is 0 Å². The number of aromatic nitrogens is 2. The second-order valence-corrected chi connectivity index (χ2v) is 6.95. The third-order valence-electron chi connectivity index (χ3n) is 5.18. The molecule has 2 fully saturated rings. The molecular formula is C20H26N4. The third-order valence-corrected chi connectivity index (χ3v) is 5.18. The predicted octanol–water partition coefficient (Wildman–Crippen LogP) is 3.00. The van der Waals surface area contributed by atoms with Gasteiger partial charge in [-0.3, -0.25) is 4.68 Å². The number of rotatable bonds is 7. The van der Waals surface area contributed by atoms with Crippen LogP contribution in [0.3, 0.4) is 0 Å². The Labute approximate surface area is 144 Å². The van der Waals surface area contributed by atoms with Crippen molar-refractivity contribution in [2.45, 2.75) is 38.4 Å². The fourth-order valence-corrected chi connectivity index (χ4v) is 3.44. The van der Waals surface area contributed by atoms with Crippen molar-refractivity contribution in [3.63, 3.8) is 0 Å². The van der Waals surface area contributed by atoms with Crippen LogP contribution in [0.2, 0.25) is 0 Å². The van der Waals surface area contributed by atoms with E-state index in [2.05, 4.69) is 69.9 Å². The molecule has 24 heavy (non-hydrogen) atoms. The van der Waals surface area contributed by atoms with Gasteiger partial charge < -0.3 is 10.6 Å². The lowest BCUT2D eigenvalue weighted by Crippen LogP contribution is -2.43. The van der Waals surface area contributed by atoms with E-state index in [1.54, 1.807) is 5.57 Å². The Morgan fingerprint density at radius 3 is 2.88 bits per heavy atom. The van der Waals surface area contributed by atoms with E-state index in [9.17, 15) is 0 Å². The summed E-state index contributed by atoms with van der Waals surface area (Å²) in [6.07, 6.45) is 8.95. The van der Waals surface area contributed by atoms with Crippen molar-refractivity contribution >= 4 is 6.08 Å². The summed E-state index contributed by atoms with van der Waals surface area (Å²) in [5, 5.41) is 11.5. The molecule has 0 radical (unpaired) electrons. The lowest BCUT2D eigenvalue weighted by molar-refractivity contribution is 0.318. The van der Waals surface area contributed by atoms with Gasteiger partial charge in [0.1, 0.15) is 0 Å². The maximum absolute atomic E-state index is 4.49. The van der Waals surface area contributed by atoms with Gasteiger partial charge in [-0.25, -0.2) is 0 Å². The highest BCUT2D eigenvalue weighted by Gasteiger charge is 2.38. The lowest BCUT2D eigenvalue weighted by atomic mass is 10.0. The Bertz CT molecular complexity index is 699. The lowest BCUT2D eigenvalue weighted by Gasteiger charge is -2.27. The number of hydrogen-bond acceptors (Lipinski definition) is 3. The molecule has 2 N–H and O–H groups in total. The van der Waals surface area contributed by atoms with Crippen LogP contribution in [0.1, 0.15) is 36.9 Å². The van der Waals surface area contributed by atoms with Crippen LogP contribution in [0, 0.1) is 5.92 Å². The Hall–Kier alpha value is -1.91. The van der Waals surface area contributed by atoms with Crippen LogP contribution < -0.4 is 10.6 Å². The predicted molar refractivity (Wildman–Crippen MR) is 97.6 cm³/mol. The summed E-state index contributed by atoms with van der Waals surface area (Å²) in [6.45, 7) is 5.28. The number of benzene rings is 1. The second-order valence-electron chi connectivity index (χ2n) is 6.95. The minimum atomic E-state index is 0.549. The van der Waals surface area contributed by atoms with Gasteiger partial charge in [-0.2, -0.15) is 5.10 Å². The fourth-order valence-electron chi connectivity index (χ4n) is 3.44. The highest BCUT2D eigenvalue weighted by atomic mass is 15.3. The van der Waals surface area contributed by atoms with E-state index < -0.39 is 0 Å². The molecule has 1 aromatic heterocycles. The van der Waals surface area contributed by atoms with Crippen molar-refractivity contribution in [3.05, 3.63) is 59.4 Å². The van der Waals surface area contributed by atoms with E-state index in [1.807, 2.05) is 6.20 Å². The molecule has 2 aliphatic rings. The Morgan fingerprint density at radius 1 is 1.33 bits per heavy atom. The van der Waals surface area contributed by atoms with Gasteiger partial charge in [0, 0.05) is 37.4 Å². The normalized spacial score (nSPS) is 24.0. The van der Waals surface area contributed by atoms with Gasteiger partial charge in [0.15, 0.2) is 0 Å². The molecule has 2 atom stereocenters. The molecule has 1 aliphatic heterocycles. The van der Waals surface area contributed by atoms with Crippen molar-refractivity contribution in [2.24, 2.45) is 5.92 Å². The molecule has 4 rings (SSSR count). The summed E-state index contributed by atoms with van der Waals surface area (Å²) >= 11 is 0. The number of nitrogens with one attached hydrogen (secondary N) is 2. The van der Waals surface area contributed by atoms with Gasteiger partial charge >= 0.3 is 0 Å². The zero-order valence-electron chi connectivity index (χ0n) is 14.3. The summed E-state index contributed by atoms with van der Waals surface area (Å²) in [7, 11) is 0. The highest BCUT2D eigenvalue weighted by molar-refractivity contribution is 5.54. The van der Waals surface area contributed by atoms with Crippen molar-refractivity contribution in [1.29, 1.82) is 0 Å². The van der Waals surface area contributed by atoms with Crippen molar-refractivity contribution in [1.82, 2.24) is 20.4 Å². The molecule has 1 aliphatic carbocycles. The first kappa shape index (κ1) is 15.6. The topological polar surface area (TPSA) is 41.9 Å². The van der Waals surface area contributed by atoms with Crippen LogP contribution in [0.5, 0.6) is 0 Å². The van der Waals surface area contributed by atoms with E-state index in [0.717, 1.165) is 26.1 Å². The molecule has 1 saturated heterocycles. The molecule has 126 valence electrons. The van der Waals surface area contributed by atoms with E-state index in [1.165, 1.54) is 17.5 Å². The maximum atomic E-state index is 4.49. The molecule has 4 heteroatoms. The first-order valence-electron chi connectivity index (χ1n) is 9.06. The van der Waals surface area contributed by atoms with E-state index in [-0.39, 0.29) is 0 Å². The van der Waals surface area contributed by atoms with Crippen LogP contribution in [0.4, 0.5) is 0 Å². The summed E-state index contributed by atoms with van der Waals surface area (Å²) in [5.74, 6) is 0.695. The zero-order valence-corrected chi connectivity index (χ0v) is 14.3. The quantitative estimate of drug-likeness (QED) is 0.823. The average Bonchev–Trinajstić information content (AvgIpc) is 3.20. The van der Waals surface area contributed by atoms with Crippen molar-refractivity contribution < 1.29 is 0 Å². The highest BCUT2D eigenvalue weighted by Crippen LogP contribution is 2.39. The molecule has 0 spiro atoms.